The lowest BCUT2D eigenvalue weighted by Gasteiger charge is -2.32. The molecule has 1 saturated heterocycles. The molecule has 1 N–H and O–H groups in total. The van der Waals surface area contributed by atoms with Crippen LogP contribution in [0, 0.1) is 0 Å². The number of halogens is 1. The fraction of sp³-hybridized carbons (Fsp3) is 0.316. The number of amides is 1. The Morgan fingerprint density at radius 1 is 1.12 bits per heavy atom. The molecular formula is C19H21ClN2O2. The Hall–Kier alpha value is -1.88. The van der Waals surface area contributed by atoms with E-state index in [1.807, 2.05) is 12.1 Å². The first-order chi connectivity index (χ1) is 11.6. The summed E-state index contributed by atoms with van der Waals surface area (Å²) in [5, 5.41) is 3.34. The molecule has 1 fully saturated rings. The summed E-state index contributed by atoms with van der Waals surface area (Å²) in [4.78, 5) is 14.7. The molecule has 1 aliphatic heterocycles. The molecule has 0 spiro atoms. The molecule has 0 bridgehead atoms. The second-order valence-corrected chi connectivity index (χ2v) is 6.29. The molecule has 2 aromatic carbocycles. The minimum atomic E-state index is -0.199. The number of morpholine rings is 1. The van der Waals surface area contributed by atoms with E-state index in [2.05, 4.69) is 29.3 Å². The minimum Gasteiger partial charge on any atom is -0.379 e. The summed E-state index contributed by atoms with van der Waals surface area (Å²) in [6.07, 6.45) is 0. The van der Waals surface area contributed by atoms with Gasteiger partial charge in [-0.15, -0.1) is 0 Å². The summed E-state index contributed by atoms with van der Waals surface area (Å²) in [5.41, 5.74) is 2.47. The van der Waals surface area contributed by atoms with Gasteiger partial charge in [0, 0.05) is 24.8 Å². The van der Waals surface area contributed by atoms with E-state index >= 15 is 0 Å². The number of benzene rings is 2. The van der Waals surface area contributed by atoms with Crippen LogP contribution in [0.4, 0.5) is 5.69 Å². The zero-order valence-corrected chi connectivity index (χ0v) is 14.4. The smallest absolute Gasteiger partial charge is 0.257 e. The quantitative estimate of drug-likeness (QED) is 0.912. The Kier molecular flexibility index (Phi) is 5.51. The topological polar surface area (TPSA) is 41.6 Å². The molecule has 24 heavy (non-hydrogen) atoms. The van der Waals surface area contributed by atoms with Crippen molar-refractivity contribution in [3.8, 4) is 0 Å². The Labute approximate surface area is 147 Å². The van der Waals surface area contributed by atoms with Crippen LogP contribution in [0.15, 0.2) is 48.5 Å². The monoisotopic (exact) mass is 344 g/mol. The SMILES string of the molecule is CC(c1ccc(NC(=O)c2ccccc2Cl)cc1)N1CCOCC1. The third-order valence-corrected chi connectivity index (χ3v) is 4.69. The molecule has 0 aromatic heterocycles. The van der Waals surface area contributed by atoms with E-state index in [4.69, 9.17) is 16.3 Å². The first-order valence-electron chi connectivity index (χ1n) is 8.13. The van der Waals surface area contributed by atoms with Gasteiger partial charge in [-0.25, -0.2) is 0 Å². The van der Waals surface area contributed by atoms with Gasteiger partial charge in [0.05, 0.1) is 23.8 Å². The summed E-state index contributed by atoms with van der Waals surface area (Å²) in [6, 6.07) is 15.3. The van der Waals surface area contributed by atoms with E-state index in [9.17, 15) is 4.79 Å². The first-order valence-corrected chi connectivity index (χ1v) is 8.50. The molecule has 1 amide bonds. The number of ether oxygens (including phenoxy) is 1. The Morgan fingerprint density at radius 2 is 1.79 bits per heavy atom. The number of nitrogens with one attached hydrogen (secondary N) is 1. The molecule has 1 aliphatic rings. The van der Waals surface area contributed by atoms with E-state index in [0.717, 1.165) is 32.0 Å². The highest BCUT2D eigenvalue weighted by molar-refractivity contribution is 6.34. The van der Waals surface area contributed by atoms with Gasteiger partial charge in [0.1, 0.15) is 0 Å². The van der Waals surface area contributed by atoms with E-state index in [0.29, 0.717) is 16.6 Å². The first kappa shape index (κ1) is 17.0. The molecule has 5 heteroatoms. The molecule has 1 atom stereocenters. The molecule has 0 radical (unpaired) electrons. The Morgan fingerprint density at radius 3 is 2.46 bits per heavy atom. The third kappa shape index (κ3) is 3.96. The number of anilines is 1. The maximum Gasteiger partial charge on any atom is 0.257 e. The number of carbonyl (C=O) groups excluding carboxylic acids is 1. The molecule has 0 saturated carbocycles. The summed E-state index contributed by atoms with van der Waals surface area (Å²) in [7, 11) is 0. The van der Waals surface area contributed by atoms with Crippen LogP contribution >= 0.6 is 11.6 Å². The predicted octanol–water partition coefficient (Wildman–Crippen LogP) is 3.99. The standard InChI is InChI=1S/C19H21ClN2O2/c1-14(22-10-12-24-13-11-22)15-6-8-16(9-7-15)21-19(23)17-4-2-3-5-18(17)20/h2-9,14H,10-13H2,1H3,(H,21,23). The van der Waals surface area contributed by atoms with Gasteiger partial charge in [0.25, 0.3) is 5.91 Å². The van der Waals surface area contributed by atoms with Crippen molar-refractivity contribution in [3.05, 3.63) is 64.7 Å². The van der Waals surface area contributed by atoms with Gasteiger partial charge >= 0.3 is 0 Å². The molecule has 1 heterocycles. The maximum absolute atomic E-state index is 12.3. The van der Waals surface area contributed by atoms with Crippen molar-refractivity contribution < 1.29 is 9.53 Å². The van der Waals surface area contributed by atoms with Crippen LogP contribution in [0.25, 0.3) is 0 Å². The van der Waals surface area contributed by atoms with E-state index in [1.54, 1.807) is 24.3 Å². The predicted molar refractivity (Wildman–Crippen MR) is 96.7 cm³/mol. The van der Waals surface area contributed by atoms with Crippen molar-refractivity contribution in [1.82, 2.24) is 4.90 Å². The zero-order chi connectivity index (χ0) is 16.9. The molecule has 1 unspecified atom stereocenters. The van der Waals surface area contributed by atoms with Crippen molar-refractivity contribution in [3.63, 3.8) is 0 Å². The fourth-order valence-electron chi connectivity index (χ4n) is 2.86. The van der Waals surface area contributed by atoms with Gasteiger partial charge in [-0.3, -0.25) is 9.69 Å². The molecular weight excluding hydrogens is 324 g/mol. The highest BCUT2D eigenvalue weighted by atomic mass is 35.5. The lowest BCUT2D eigenvalue weighted by molar-refractivity contribution is 0.0198. The molecule has 0 aliphatic carbocycles. The van der Waals surface area contributed by atoms with Gasteiger partial charge in [-0.2, -0.15) is 0 Å². The van der Waals surface area contributed by atoms with Gasteiger partial charge in [0.2, 0.25) is 0 Å². The molecule has 2 aromatic rings. The minimum absolute atomic E-state index is 0.199. The Bertz CT molecular complexity index is 697. The lowest BCUT2D eigenvalue weighted by atomic mass is 10.1. The van der Waals surface area contributed by atoms with Crippen molar-refractivity contribution in [2.24, 2.45) is 0 Å². The lowest BCUT2D eigenvalue weighted by Crippen LogP contribution is -2.37. The van der Waals surface area contributed by atoms with Crippen LogP contribution in [0.5, 0.6) is 0 Å². The van der Waals surface area contributed by atoms with Crippen LogP contribution in [0.1, 0.15) is 28.9 Å². The molecule has 3 rings (SSSR count). The number of hydrogen-bond donors (Lipinski definition) is 1. The van der Waals surface area contributed by atoms with Crippen LogP contribution in [-0.4, -0.2) is 37.1 Å². The Balaban J connectivity index is 1.66. The van der Waals surface area contributed by atoms with Gasteiger partial charge in [-0.1, -0.05) is 35.9 Å². The van der Waals surface area contributed by atoms with E-state index < -0.39 is 0 Å². The van der Waals surface area contributed by atoms with Crippen LogP contribution in [-0.2, 0) is 4.74 Å². The number of carbonyl (C=O) groups is 1. The van der Waals surface area contributed by atoms with Gasteiger partial charge in [-0.05, 0) is 36.8 Å². The largest absolute Gasteiger partial charge is 0.379 e. The second-order valence-electron chi connectivity index (χ2n) is 5.88. The fourth-order valence-corrected chi connectivity index (χ4v) is 3.09. The van der Waals surface area contributed by atoms with Crippen LogP contribution < -0.4 is 5.32 Å². The summed E-state index contributed by atoms with van der Waals surface area (Å²) >= 11 is 6.06. The van der Waals surface area contributed by atoms with Crippen LogP contribution in [0.3, 0.4) is 0 Å². The van der Waals surface area contributed by atoms with Crippen molar-refractivity contribution in [1.29, 1.82) is 0 Å². The average molecular weight is 345 g/mol. The summed E-state index contributed by atoms with van der Waals surface area (Å²) in [5.74, 6) is -0.199. The van der Waals surface area contributed by atoms with Crippen LogP contribution in [0.2, 0.25) is 5.02 Å². The highest BCUT2D eigenvalue weighted by Gasteiger charge is 2.18. The van der Waals surface area contributed by atoms with Crippen molar-refractivity contribution in [2.75, 3.05) is 31.6 Å². The average Bonchev–Trinajstić information content (AvgIpc) is 2.63. The van der Waals surface area contributed by atoms with Gasteiger partial charge < -0.3 is 10.1 Å². The van der Waals surface area contributed by atoms with Crippen molar-refractivity contribution in [2.45, 2.75) is 13.0 Å². The van der Waals surface area contributed by atoms with E-state index in [1.165, 1.54) is 5.56 Å². The number of nitrogens with zero attached hydrogens (tertiary/aromatic N) is 1. The van der Waals surface area contributed by atoms with Crippen molar-refractivity contribution >= 4 is 23.2 Å². The highest BCUT2D eigenvalue weighted by Crippen LogP contribution is 2.23. The third-order valence-electron chi connectivity index (χ3n) is 4.36. The van der Waals surface area contributed by atoms with E-state index in [-0.39, 0.29) is 5.91 Å². The second kappa shape index (κ2) is 7.79. The normalized spacial score (nSPS) is 16.6. The zero-order valence-electron chi connectivity index (χ0n) is 13.7. The number of rotatable bonds is 4. The molecule has 126 valence electrons. The van der Waals surface area contributed by atoms with Gasteiger partial charge in [0.15, 0.2) is 0 Å². The summed E-state index contributed by atoms with van der Waals surface area (Å²) < 4.78 is 5.40. The number of hydrogen-bond acceptors (Lipinski definition) is 3. The maximum atomic E-state index is 12.3. The summed E-state index contributed by atoms with van der Waals surface area (Å²) in [6.45, 7) is 5.67. The molecule has 4 nitrogen and oxygen atoms in total.